The van der Waals surface area contributed by atoms with Crippen LogP contribution in [0.25, 0.3) is 0 Å². The van der Waals surface area contributed by atoms with Gasteiger partial charge in [-0.2, -0.15) is 0 Å². The second kappa shape index (κ2) is 5.68. The fraction of sp³-hybridized carbons (Fsp3) is 0.625. The Balaban J connectivity index is 1.85. The fourth-order valence-corrected chi connectivity index (χ4v) is 2.36. The lowest BCUT2D eigenvalue weighted by atomic mass is 9.80. The van der Waals surface area contributed by atoms with Crippen molar-refractivity contribution in [2.24, 2.45) is 11.7 Å². The summed E-state index contributed by atoms with van der Waals surface area (Å²) in [6, 6.07) is 9.56. The Morgan fingerprint density at radius 3 is 2.29 bits per heavy atom. The fourth-order valence-electron chi connectivity index (χ4n) is 2.36. The third-order valence-corrected chi connectivity index (χ3v) is 4.18. The summed E-state index contributed by atoms with van der Waals surface area (Å²) in [7, 11) is 0. The molecule has 0 aromatic heterocycles. The van der Waals surface area contributed by atoms with Crippen LogP contribution in [0.1, 0.15) is 56.6 Å². The first kappa shape index (κ1) is 12.6. The molecule has 1 unspecified atom stereocenters. The molecule has 1 heteroatoms. The van der Waals surface area contributed by atoms with Gasteiger partial charge in [0, 0.05) is 6.04 Å². The Bertz CT molecular complexity index is 335. The van der Waals surface area contributed by atoms with Crippen LogP contribution in [0.5, 0.6) is 0 Å². The zero-order chi connectivity index (χ0) is 12.3. The maximum Gasteiger partial charge on any atom is 0.00650 e. The molecule has 1 aromatic rings. The molecule has 94 valence electrons. The summed E-state index contributed by atoms with van der Waals surface area (Å²) in [5, 5.41) is 0. The van der Waals surface area contributed by atoms with Crippen molar-refractivity contribution >= 4 is 0 Å². The minimum atomic E-state index is 0.335. The Hall–Kier alpha value is -0.820. The molecule has 2 rings (SSSR count). The van der Waals surface area contributed by atoms with E-state index in [-0.39, 0.29) is 0 Å². The summed E-state index contributed by atoms with van der Waals surface area (Å²) >= 11 is 0. The van der Waals surface area contributed by atoms with Crippen LogP contribution >= 0.6 is 0 Å². The first-order chi connectivity index (χ1) is 8.16. The normalized spacial score (nSPS) is 18.1. The minimum absolute atomic E-state index is 0.335. The first-order valence-corrected chi connectivity index (χ1v) is 7.01. The number of benzene rings is 1. The van der Waals surface area contributed by atoms with Crippen molar-refractivity contribution in [2.75, 3.05) is 0 Å². The molecule has 1 nitrogen and oxygen atoms in total. The van der Waals surface area contributed by atoms with Gasteiger partial charge in [0.15, 0.2) is 0 Å². The summed E-state index contributed by atoms with van der Waals surface area (Å²) in [6.45, 7) is 4.40. The zero-order valence-corrected chi connectivity index (χ0v) is 11.2. The van der Waals surface area contributed by atoms with Crippen molar-refractivity contribution in [1.29, 1.82) is 0 Å². The lowest BCUT2D eigenvalue weighted by molar-refractivity contribution is 0.419. The summed E-state index contributed by atoms with van der Waals surface area (Å²) in [6.07, 6.45) is 6.40. The predicted octanol–water partition coefficient (Wildman–Crippen LogP) is 3.87. The van der Waals surface area contributed by atoms with Gasteiger partial charge in [-0.05, 0) is 48.6 Å². The SMILES string of the molecule is CC(C)C(N)CCc1ccc(C2CCC2)cc1. The number of aryl methyl sites for hydroxylation is 1. The number of rotatable bonds is 5. The maximum atomic E-state index is 6.07. The highest BCUT2D eigenvalue weighted by molar-refractivity contribution is 5.26. The van der Waals surface area contributed by atoms with Gasteiger partial charge < -0.3 is 5.73 Å². The van der Waals surface area contributed by atoms with Gasteiger partial charge in [-0.3, -0.25) is 0 Å². The topological polar surface area (TPSA) is 26.0 Å². The van der Waals surface area contributed by atoms with E-state index < -0.39 is 0 Å². The molecule has 0 amide bonds. The van der Waals surface area contributed by atoms with Crippen LogP contribution in [0.15, 0.2) is 24.3 Å². The third kappa shape index (κ3) is 3.32. The van der Waals surface area contributed by atoms with Crippen molar-refractivity contribution < 1.29 is 0 Å². The Morgan fingerprint density at radius 1 is 1.18 bits per heavy atom. The summed E-state index contributed by atoms with van der Waals surface area (Å²) in [4.78, 5) is 0. The largest absolute Gasteiger partial charge is 0.327 e. The van der Waals surface area contributed by atoms with Crippen LogP contribution in [0.4, 0.5) is 0 Å². The second-order valence-corrected chi connectivity index (χ2v) is 5.82. The highest BCUT2D eigenvalue weighted by Gasteiger charge is 2.18. The molecule has 1 aromatic carbocycles. The van der Waals surface area contributed by atoms with Crippen molar-refractivity contribution in [3.63, 3.8) is 0 Å². The molecule has 17 heavy (non-hydrogen) atoms. The van der Waals surface area contributed by atoms with Crippen molar-refractivity contribution in [3.05, 3.63) is 35.4 Å². The van der Waals surface area contributed by atoms with Gasteiger partial charge in [0.1, 0.15) is 0 Å². The van der Waals surface area contributed by atoms with E-state index in [1.807, 2.05) is 0 Å². The van der Waals surface area contributed by atoms with Gasteiger partial charge in [0.25, 0.3) is 0 Å². The van der Waals surface area contributed by atoms with Crippen LogP contribution in [-0.2, 0) is 6.42 Å². The molecule has 1 saturated carbocycles. The van der Waals surface area contributed by atoms with Gasteiger partial charge in [0.2, 0.25) is 0 Å². The van der Waals surface area contributed by atoms with Gasteiger partial charge in [-0.15, -0.1) is 0 Å². The predicted molar refractivity (Wildman–Crippen MR) is 74.2 cm³/mol. The van der Waals surface area contributed by atoms with Crippen LogP contribution < -0.4 is 5.73 Å². The average Bonchev–Trinajstić information content (AvgIpc) is 2.25. The standard InChI is InChI=1S/C16H25N/c1-12(2)16(17)11-8-13-6-9-15(10-7-13)14-4-3-5-14/h6-7,9-10,12,14,16H,3-5,8,11,17H2,1-2H3. The third-order valence-electron chi connectivity index (χ3n) is 4.18. The van der Waals surface area contributed by atoms with E-state index in [4.69, 9.17) is 5.73 Å². The van der Waals surface area contributed by atoms with Crippen molar-refractivity contribution in [2.45, 2.75) is 57.9 Å². The smallest absolute Gasteiger partial charge is 0.00650 e. The molecule has 0 bridgehead atoms. The maximum absolute atomic E-state index is 6.07. The summed E-state index contributed by atoms with van der Waals surface area (Å²) in [5.74, 6) is 1.44. The van der Waals surface area contributed by atoms with Crippen LogP contribution in [0.2, 0.25) is 0 Å². The zero-order valence-electron chi connectivity index (χ0n) is 11.2. The molecule has 0 spiro atoms. The van der Waals surface area contributed by atoms with E-state index in [9.17, 15) is 0 Å². The van der Waals surface area contributed by atoms with Crippen molar-refractivity contribution in [3.8, 4) is 0 Å². The number of hydrogen-bond acceptors (Lipinski definition) is 1. The van der Waals surface area contributed by atoms with E-state index in [1.54, 1.807) is 0 Å². The minimum Gasteiger partial charge on any atom is -0.327 e. The molecule has 1 atom stereocenters. The van der Waals surface area contributed by atoms with Gasteiger partial charge in [0.05, 0.1) is 0 Å². The van der Waals surface area contributed by atoms with Gasteiger partial charge in [-0.1, -0.05) is 44.5 Å². The number of nitrogens with two attached hydrogens (primary N) is 1. The molecular formula is C16H25N. The molecular weight excluding hydrogens is 206 g/mol. The lowest BCUT2D eigenvalue weighted by Gasteiger charge is -2.25. The summed E-state index contributed by atoms with van der Waals surface area (Å²) < 4.78 is 0. The summed E-state index contributed by atoms with van der Waals surface area (Å²) in [5.41, 5.74) is 9.04. The molecule has 1 fully saturated rings. The number of hydrogen-bond donors (Lipinski definition) is 1. The quantitative estimate of drug-likeness (QED) is 0.818. The monoisotopic (exact) mass is 231 g/mol. The van der Waals surface area contributed by atoms with Gasteiger partial charge in [-0.25, -0.2) is 0 Å². The van der Waals surface area contributed by atoms with E-state index in [2.05, 4.69) is 38.1 Å². The lowest BCUT2D eigenvalue weighted by Crippen LogP contribution is -2.26. The second-order valence-electron chi connectivity index (χ2n) is 5.82. The van der Waals surface area contributed by atoms with E-state index >= 15 is 0 Å². The first-order valence-electron chi connectivity index (χ1n) is 7.01. The molecule has 0 radical (unpaired) electrons. The van der Waals surface area contributed by atoms with E-state index in [1.165, 1.54) is 30.4 Å². The average molecular weight is 231 g/mol. The molecule has 1 aliphatic carbocycles. The molecule has 2 N–H and O–H groups in total. The van der Waals surface area contributed by atoms with E-state index in [0.29, 0.717) is 12.0 Å². The van der Waals surface area contributed by atoms with E-state index in [0.717, 1.165) is 18.8 Å². The van der Waals surface area contributed by atoms with Crippen LogP contribution in [0.3, 0.4) is 0 Å². The van der Waals surface area contributed by atoms with Crippen LogP contribution in [0, 0.1) is 5.92 Å². The van der Waals surface area contributed by atoms with Gasteiger partial charge >= 0.3 is 0 Å². The molecule has 0 aliphatic heterocycles. The Morgan fingerprint density at radius 2 is 1.82 bits per heavy atom. The highest BCUT2D eigenvalue weighted by Crippen LogP contribution is 2.36. The highest BCUT2D eigenvalue weighted by atomic mass is 14.6. The van der Waals surface area contributed by atoms with Crippen molar-refractivity contribution in [1.82, 2.24) is 0 Å². The Kier molecular flexibility index (Phi) is 4.22. The Labute approximate surface area is 105 Å². The van der Waals surface area contributed by atoms with Crippen LogP contribution in [-0.4, -0.2) is 6.04 Å². The molecule has 0 saturated heterocycles. The molecule has 0 heterocycles. The molecule has 1 aliphatic rings.